The van der Waals surface area contributed by atoms with E-state index >= 15 is 0 Å². The maximum atomic E-state index is 12.0. The minimum atomic E-state index is -0.714. The van der Waals surface area contributed by atoms with Crippen LogP contribution in [0.15, 0.2) is 0 Å². The van der Waals surface area contributed by atoms with Crippen molar-refractivity contribution in [1.29, 1.82) is 0 Å². The molecule has 5 nitrogen and oxygen atoms in total. The Morgan fingerprint density at radius 3 is 2.57 bits per heavy atom. The largest absolute Gasteiger partial charge is 0.390 e. The Bertz CT molecular complexity index is 348. The van der Waals surface area contributed by atoms with Gasteiger partial charge in [-0.15, -0.1) is 0 Å². The zero-order chi connectivity index (χ0) is 17.3. The standard InChI is InChI=1S/C18H34N2O3/c1-15-9-7-11-18(2,23)12-8-14-20(3)16(21)10-5-4-6-13-19-17(15)22/h15,23H,4-14H2,1-3H3,(H,19,22)/t15-,18+/m1/s1. The first kappa shape index (κ1) is 19.9. The minimum absolute atomic E-state index is 0.00538. The molecule has 0 aromatic heterocycles. The third kappa shape index (κ3) is 8.35. The van der Waals surface area contributed by atoms with Crippen LogP contribution in [0.3, 0.4) is 0 Å². The van der Waals surface area contributed by atoms with Crippen LogP contribution in [0.2, 0.25) is 0 Å². The lowest BCUT2D eigenvalue weighted by atomic mass is 9.91. The van der Waals surface area contributed by atoms with Crippen LogP contribution in [0.25, 0.3) is 0 Å². The number of nitrogens with one attached hydrogen (secondary N) is 1. The molecule has 0 spiro atoms. The molecular formula is C18H34N2O3. The van der Waals surface area contributed by atoms with Crippen LogP contribution in [-0.4, -0.2) is 47.6 Å². The highest BCUT2D eigenvalue weighted by Crippen LogP contribution is 2.22. The Labute approximate surface area is 140 Å². The van der Waals surface area contributed by atoms with Gasteiger partial charge in [0.05, 0.1) is 5.60 Å². The van der Waals surface area contributed by atoms with E-state index in [4.69, 9.17) is 0 Å². The van der Waals surface area contributed by atoms with E-state index in [-0.39, 0.29) is 17.7 Å². The summed E-state index contributed by atoms with van der Waals surface area (Å²) in [6.07, 6.45) is 7.16. The lowest BCUT2D eigenvalue weighted by Crippen LogP contribution is -2.31. The molecule has 1 fully saturated rings. The summed E-state index contributed by atoms with van der Waals surface area (Å²) in [5.74, 6) is 0.269. The predicted octanol–water partition coefficient (Wildman–Crippen LogP) is 2.47. The van der Waals surface area contributed by atoms with E-state index in [9.17, 15) is 14.7 Å². The second-order valence-electron chi connectivity index (χ2n) is 7.31. The van der Waals surface area contributed by atoms with Gasteiger partial charge in [-0.1, -0.05) is 13.3 Å². The molecule has 1 heterocycles. The Morgan fingerprint density at radius 1 is 1.13 bits per heavy atom. The normalized spacial score (nSPS) is 30.6. The van der Waals surface area contributed by atoms with Gasteiger partial charge in [0.25, 0.3) is 0 Å². The first-order chi connectivity index (χ1) is 10.8. The van der Waals surface area contributed by atoms with Gasteiger partial charge in [-0.2, -0.15) is 0 Å². The molecule has 1 rings (SSSR count). The molecule has 1 aliphatic heterocycles. The number of carbonyl (C=O) groups is 2. The molecule has 2 atom stereocenters. The van der Waals surface area contributed by atoms with Crippen molar-refractivity contribution in [3.05, 3.63) is 0 Å². The lowest BCUT2D eigenvalue weighted by Gasteiger charge is -2.25. The van der Waals surface area contributed by atoms with Gasteiger partial charge in [0.1, 0.15) is 0 Å². The molecule has 1 saturated heterocycles. The number of amides is 2. The fourth-order valence-corrected chi connectivity index (χ4v) is 3.02. The number of nitrogens with zero attached hydrogens (tertiary/aromatic N) is 1. The Kier molecular flexibility index (Phi) is 8.59. The van der Waals surface area contributed by atoms with Gasteiger partial charge < -0.3 is 15.3 Å². The monoisotopic (exact) mass is 326 g/mol. The van der Waals surface area contributed by atoms with Crippen LogP contribution in [0.4, 0.5) is 0 Å². The van der Waals surface area contributed by atoms with Gasteiger partial charge in [-0.3, -0.25) is 9.59 Å². The van der Waals surface area contributed by atoms with Crippen LogP contribution in [0.5, 0.6) is 0 Å². The van der Waals surface area contributed by atoms with E-state index in [1.807, 2.05) is 20.9 Å². The summed E-state index contributed by atoms with van der Waals surface area (Å²) in [4.78, 5) is 25.8. The zero-order valence-electron chi connectivity index (χ0n) is 15.1. The summed E-state index contributed by atoms with van der Waals surface area (Å²) in [5.41, 5.74) is -0.714. The first-order valence-electron chi connectivity index (χ1n) is 9.06. The van der Waals surface area contributed by atoms with Crippen molar-refractivity contribution in [1.82, 2.24) is 10.2 Å². The SMILES string of the molecule is C[C@@H]1CCC[C@](C)(O)CCCN(C)C(=O)CCCCCNC1=O. The Hall–Kier alpha value is -1.10. The highest BCUT2D eigenvalue weighted by atomic mass is 16.3. The van der Waals surface area contributed by atoms with E-state index in [0.717, 1.165) is 38.5 Å². The van der Waals surface area contributed by atoms with E-state index in [1.165, 1.54) is 0 Å². The summed E-state index contributed by atoms with van der Waals surface area (Å²) in [6, 6.07) is 0. The summed E-state index contributed by atoms with van der Waals surface area (Å²) >= 11 is 0. The van der Waals surface area contributed by atoms with Crippen LogP contribution < -0.4 is 5.32 Å². The zero-order valence-corrected chi connectivity index (χ0v) is 15.1. The fraction of sp³-hybridized carbons (Fsp3) is 0.889. The van der Waals surface area contributed by atoms with Crippen molar-refractivity contribution in [2.45, 2.75) is 77.2 Å². The van der Waals surface area contributed by atoms with E-state index in [2.05, 4.69) is 5.32 Å². The van der Waals surface area contributed by atoms with E-state index < -0.39 is 5.60 Å². The first-order valence-corrected chi connectivity index (χ1v) is 9.06. The van der Waals surface area contributed by atoms with Gasteiger partial charge in [-0.25, -0.2) is 0 Å². The molecule has 2 N–H and O–H groups in total. The molecule has 1 aliphatic rings. The second-order valence-corrected chi connectivity index (χ2v) is 7.31. The fourth-order valence-electron chi connectivity index (χ4n) is 3.02. The summed E-state index contributed by atoms with van der Waals surface area (Å²) in [6.45, 7) is 5.19. The summed E-state index contributed by atoms with van der Waals surface area (Å²) in [5, 5.41) is 13.4. The third-order valence-corrected chi connectivity index (χ3v) is 4.80. The quantitative estimate of drug-likeness (QED) is 0.718. The number of aliphatic hydroxyl groups is 1. The van der Waals surface area contributed by atoms with Crippen molar-refractivity contribution in [2.75, 3.05) is 20.1 Å². The third-order valence-electron chi connectivity index (χ3n) is 4.80. The molecule has 134 valence electrons. The summed E-state index contributed by atoms with van der Waals surface area (Å²) in [7, 11) is 1.84. The Morgan fingerprint density at radius 2 is 1.83 bits per heavy atom. The maximum absolute atomic E-state index is 12.0. The molecule has 0 aromatic rings. The average molecular weight is 326 g/mol. The Balaban J connectivity index is 2.55. The number of hydrogen-bond acceptors (Lipinski definition) is 3. The highest BCUT2D eigenvalue weighted by Gasteiger charge is 2.22. The number of hydrogen-bond donors (Lipinski definition) is 2. The van der Waals surface area contributed by atoms with Crippen LogP contribution >= 0.6 is 0 Å². The maximum Gasteiger partial charge on any atom is 0.222 e. The smallest absolute Gasteiger partial charge is 0.222 e. The lowest BCUT2D eigenvalue weighted by molar-refractivity contribution is -0.130. The van der Waals surface area contributed by atoms with Crippen molar-refractivity contribution < 1.29 is 14.7 Å². The van der Waals surface area contributed by atoms with Gasteiger partial charge in [0, 0.05) is 32.5 Å². The second kappa shape index (κ2) is 9.91. The molecule has 0 aromatic carbocycles. The number of carbonyl (C=O) groups excluding carboxylic acids is 2. The van der Waals surface area contributed by atoms with Crippen LogP contribution in [0, 0.1) is 5.92 Å². The minimum Gasteiger partial charge on any atom is -0.390 e. The molecule has 0 aliphatic carbocycles. The van der Waals surface area contributed by atoms with E-state index in [0.29, 0.717) is 32.4 Å². The van der Waals surface area contributed by atoms with E-state index in [1.54, 1.807) is 4.90 Å². The summed E-state index contributed by atoms with van der Waals surface area (Å²) < 4.78 is 0. The average Bonchev–Trinajstić information content (AvgIpc) is 2.48. The molecular weight excluding hydrogens is 292 g/mol. The van der Waals surface area contributed by atoms with Crippen LogP contribution in [-0.2, 0) is 9.59 Å². The van der Waals surface area contributed by atoms with Gasteiger partial charge >= 0.3 is 0 Å². The van der Waals surface area contributed by atoms with Gasteiger partial charge in [0.2, 0.25) is 11.8 Å². The van der Waals surface area contributed by atoms with Crippen molar-refractivity contribution in [2.24, 2.45) is 5.92 Å². The molecule has 5 heteroatoms. The molecule has 0 saturated carbocycles. The molecule has 2 amide bonds. The van der Waals surface area contributed by atoms with Crippen molar-refractivity contribution in [3.8, 4) is 0 Å². The number of rotatable bonds is 0. The molecule has 0 unspecified atom stereocenters. The van der Waals surface area contributed by atoms with Crippen molar-refractivity contribution >= 4 is 11.8 Å². The topological polar surface area (TPSA) is 69.6 Å². The molecule has 0 radical (unpaired) electrons. The predicted molar refractivity (Wildman–Crippen MR) is 92.0 cm³/mol. The van der Waals surface area contributed by atoms with Crippen LogP contribution in [0.1, 0.15) is 71.6 Å². The molecule has 23 heavy (non-hydrogen) atoms. The van der Waals surface area contributed by atoms with Gasteiger partial charge in [-0.05, 0) is 51.9 Å². The van der Waals surface area contributed by atoms with Crippen molar-refractivity contribution in [3.63, 3.8) is 0 Å². The molecule has 0 bridgehead atoms. The van der Waals surface area contributed by atoms with Gasteiger partial charge in [0.15, 0.2) is 0 Å². The highest BCUT2D eigenvalue weighted by molar-refractivity contribution is 5.78.